The summed E-state index contributed by atoms with van der Waals surface area (Å²) >= 11 is -3.99. The Bertz CT molecular complexity index is 209. The Morgan fingerprint density at radius 1 is 0.941 bits per heavy atom. The molecule has 0 fully saturated rings. The summed E-state index contributed by atoms with van der Waals surface area (Å²) in [6, 6.07) is 0. The molecule has 17 heavy (non-hydrogen) atoms. The molecular weight excluding hydrogens is 288 g/mol. The van der Waals surface area contributed by atoms with Gasteiger partial charge in [0.15, 0.2) is 0 Å². The van der Waals surface area contributed by atoms with Crippen molar-refractivity contribution in [1.82, 2.24) is 0 Å². The van der Waals surface area contributed by atoms with E-state index in [2.05, 4.69) is 6.92 Å². The second kappa shape index (κ2) is 6.95. The van der Waals surface area contributed by atoms with Gasteiger partial charge in [-0.2, -0.15) is 0 Å². The van der Waals surface area contributed by atoms with Crippen LogP contribution in [0.15, 0.2) is 0 Å². The van der Waals surface area contributed by atoms with Crippen LogP contribution in [0.25, 0.3) is 0 Å². The molecule has 0 aromatic heterocycles. The van der Waals surface area contributed by atoms with Gasteiger partial charge in [-0.3, -0.25) is 0 Å². The van der Waals surface area contributed by atoms with Gasteiger partial charge in [-0.15, -0.1) is 0 Å². The van der Waals surface area contributed by atoms with Crippen LogP contribution in [0.1, 0.15) is 19.8 Å². The number of hydrogen-bond donors (Lipinski definition) is 1. The third kappa shape index (κ3) is 10.6. The molecule has 7 heteroatoms. The molecule has 104 valence electrons. The first-order chi connectivity index (χ1) is 7.47. The van der Waals surface area contributed by atoms with Crippen molar-refractivity contribution in [2.24, 2.45) is 0 Å². The molecule has 0 aromatic carbocycles. The van der Waals surface area contributed by atoms with Crippen LogP contribution in [-0.2, 0) is 27.5 Å². The van der Waals surface area contributed by atoms with Crippen LogP contribution in [0.2, 0.25) is 39.3 Å². The summed E-state index contributed by atoms with van der Waals surface area (Å²) in [5.74, 6) is 0. The van der Waals surface area contributed by atoms with Crippen LogP contribution in [0.5, 0.6) is 0 Å². The Kier molecular flexibility index (Phi) is 7.36. The van der Waals surface area contributed by atoms with Gasteiger partial charge in [0.2, 0.25) is 0 Å². The zero-order valence-electron chi connectivity index (χ0n) is 12.3. The molecule has 0 spiro atoms. The summed E-state index contributed by atoms with van der Waals surface area (Å²) in [4.78, 5) is 0. The fraction of sp³-hybridized carbons (Fsp3) is 1.00. The second-order valence-electron chi connectivity index (χ2n) is 6.15. The van der Waals surface area contributed by atoms with Gasteiger partial charge in [-0.05, 0) is 0 Å². The maximum absolute atomic E-state index is 10.5. The van der Waals surface area contributed by atoms with Crippen molar-refractivity contribution in [3.8, 4) is 0 Å². The standard InChI is InChI=1S/C4H9O.2C3H9OSi.H2O.Ti/c1-2-3-4-5;2*1-5(2,3)4;;/h2-4H2,1H3;2*1-3H3;1H2;/q3*-1;;+4/p-1. The summed E-state index contributed by atoms with van der Waals surface area (Å²) in [5, 5.41) is 0. The molecule has 4 nitrogen and oxygen atoms in total. The van der Waals surface area contributed by atoms with E-state index >= 15 is 0 Å². The first-order valence-electron chi connectivity index (χ1n) is 6.24. The summed E-state index contributed by atoms with van der Waals surface area (Å²) in [7, 11) is -3.69. The average molecular weight is 316 g/mol. The van der Waals surface area contributed by atoms with E-state index in [9.17, 15) is 3.69 Å². The predicted molar refractivity (Wildman–Crippen MR) is 71.9 cm³/mol. The van der Waals surface area contributed by atoms with Crippen molar-refractivity contribution in [2.45, 2.75) is 59.0 Å². The van der Waals surface area contributed by atoms with Crippen molar-refractivity contribution in [3.63, 3.8) is 0 Å². The molecular formula is C10H28O4Si2Ti. The van der Waals surface area contributed by atoms with Crippen LogP contribution >= 0.6 is 0 Å². The van der Waals surface area contributed by atoms with Crippen molar-refractivity contribution in [1.29, 1.82) is 0 Å². The van der Waals surface area contributed by atoms with Crippen molar-refractivity contribution in [2.75, 3.05) is 6.61 Å². The van der Waals surface area contributed by atoms with Gasteiger partial charge >= 0.3 is 113 Å². The minimum absolute atomic E-state index is 0.530. The normalized spacial score (nSPS) is 14.1. The molecule has 0 rings (SSSR count). The molecule has 0 bridgehead atoms. The van der Waals surface area contributed by atoms with Crippen molar-refractivity contribution in [3.05, 3.63) is 0 Å². The average Bonchev–Trinajstić information content (AvgIpc) is 1.96. The van der Waals surface area contributed by atoms with Gasteiger partial charge in [-0.1, -0.05) is 0 Å². The van der Waals surface area contributed by atoms with Crippen LogP contribution in [0.4, 0.5) is 0 Å². The van der Waals surface area contributed by atoms with Gasteiger partial charge in [0.1, 0.15) is 0 Å². The van der Waals surface area contributed by atoms with Crippen LogP contribution in [-0.4, -0.2) is 26.9 Å². The zero-order chi connectivity index (χ0) is 13.7. The number of unbranched alkanes of at least 4 members (excludes halogenated alkanes) is 1. The van der Waals surface area contributed by atoms with Gasteiger partial charge in [0, 0.05) is 0 Å². The Labute approximate surface area is 113 Å². The number of hydrogen-bond acceptors (Lipinski definition) is 4. The Balaban J connectivity index is 4.57. The van der Waals surface area contributed by atoms with E-state index in [-0.39, 0.29) is 0 Å². The van der Waals surface area contributed by atoms with Crippen molar-refractivity contribution < 1.29 is 31.2 Å². The summed E-state index contributed by atoms with van der Waals surface area (Å²) in [6.07, 6.45) is 1.97. The first-order valence-corrected chi connectivity index (χ1v) is 15.7. The van der Waals surface area contributed by atoms with Gasteiger partial charge in [-0.25, -0.2) is 0 Å². The van der Waals surface area contributed by atoms with Crippen molar-refractivity contribution >= 4 is 16.6 Å². The van der Waals surface area contributed by atoms with E-state index < -0.39 is 34.8 Å². The van der Waals surface area contributed by atoms with Crippen LogP contribution in [0, 0.1) is 0 Å². The van der Waals surface area contributed by atoms with E-state index in [4.69, 9.17) is 9.33 Å². The van der Waals surface area contributed by atoms with E-state index in [0.717, 1.165) is 12.8 Å². The van der Waals surface area contributed by atoms with E-state index in [1.165, 1.54) is 0 Å². The van der Waals surface area contributed by atoms with E-state index in [1.54, 1.807) is 0 Å². The molecule has 0 atom stereocenters. The summed E-state index contributed by atoms with van der Waals surface area (Å²) < 4.78 is 27.7. The quantitative estimate of drug-likeness (QED) is 0.551. The van der Waals surface area contributed by atoms with E-state index in [0.29, 0.717) is 6.61 Å². The Hall–Kier alpha value is 0.988. The Morgan fingerprint density at radius 3 is 1.65 bits per heavy atom. The monoisotopic (exact) mass is 316 g/mol. The molecule has 0 unspecified atom stereocenters. The topological polar surface area (TPSA) is 47.9 Å². The van der Waals surface area contributed by atoms with Gasteiger partial charge in [0.25, 0.3) is 0 Å². The number of rotatable bonds is 8. The van der Waals surface area contributed by atoms with Gasteiger partial charge in [0.05, 0.1) is 0 Å². The summed E-state index contributed by atoms with van der Waals surface area (Å²) in [5.41, 5.74) is 0. The van der Waals surface area contributed by atoms with Gasteiger partial charge < -0.3 is 0 Å². The minimum atomic E-state index is -3.99. The molecule has 0 saturated heterocycles. The first kappa shape index (κ1) is 18.0. The zero-order valence-corrected chi connectivity index (χ0v) is 15.9. The fourth-order valence-corrected chi connectivity index (χ4v) is 12.0. The maximum atomic E-state index is 10.5. The molecule has 0 aromatic rings. The molecule has 0 aliphatic heterocycles. The third-order valence-electron chi connectivity index (χ3n) is 1.65. The molecule has 0 amide bonds. The SMILES string of the molecule is CCCC[O][Ti]([OH])([O][Si](C)(C)C)[O][Si](C)(C)C. The molecule has 0 saturated carbocycles. The fourth-order valence-electron chi connectivity index (χ4n) is 1.20. The third-order valence-corrected chi connectivity index (χ3v) is 12.4. The van der Waals surface area contributed by atoms with Crippen LogP contribution < -0.4 is 0 Å². The van der Waals surface area contributed by atoms with E-state index in [1.807, 2.05) is 39.3 Å². The van der Waals surface area contributed by atoms with Crippen LogP contribution in [0.3, 0.4) is 0 Å². The predicted octanol–water partition coefficient (Wildman–Crippen LogP) is 3.31. The molecule has 0 heterocycles. The molecule has 0 aliphatic carbocycles. The molecule has 0 radical (unpaired) electrons. The summed E-state index contributed by atoms with van der Waals surface area (Å²) in [6.45, 7) is 14.9. The molecule has 0 aliphatic rings. The molecule has 1 N–H and O–H groups in total. The Morgan fingerprint density at radius 2 is 1.35 bits per heavy atom. The second-order valence-corrected chi connectivity index (χ2v) is 19.0.